The minimum atomic E-state index is -0.233. The van der Waals surface area contributed by atoms with Crippen LogP contribution in [-0.2, 0) is 6.42 Å². The number of nitrogens with one attached hydrogen (secondary N) is 1. The second-order valence-corrected chi connectivity index (χ2v) is 4.63. The quantitative estimate of drug-likeness (QED) is 0.642. The molecule has 90 valence electrons. The standard InChI is InChI=1S/C11H13FN4S/c1-7-2-3-9(12)4-8(7)5-10(15-13)11-6-14-16-17-11/h2-4,6,10,15H,5,13H2,1H3. The van der Waals surface area contributed by atoms with Gasteiger partial charge in [0, 0.05) is 0 Å². The minimum Gasteiger partial charge on any atom is -0.271 e. The van der Waals surface area contributed by atoms with Crippen LogP contribution in [0.3, 0.4) is 0 Å². The zero-order chi connectivity index (χ0) is 12.3. The van der Waals surface area contributed by atoms with Crippen molar-refractivity contribution in [1.29, 1.82) is 0 Å². The van der Waals surface area contributed by atoms with Crippen LogP contribution in [0.25, 0.3) is 0 Å². The molecule has 1 atom stereocenters. The van der Waals surface area contributed by atoms with Gasteiger partial charge in [0.1, 0.15) is 5.82 Å². The van der Waals surface area contributed by atoms with Crippen molar-refractivity contribution in [3.05, 3.63) is 46.2 Å². The number of halogens is 1. The number of aromatic nitrogens is 2. The largest absolute Gasteiger partial charge is 0.271 e. The van der Waals surface area contributed by atoms with Gasteiger partial charge in [-0.2, -0.15) is 0 Å². The van der Waals surface area contributed by atoms with Crippen LogP contribution in [0.15, 0.2) is 24.4 Å². The van der Waals surface area contributed by atoms with Gasteiger partial charge < -0.3 is 0 Å². The van der Waals surface area contributed by atoms with Crippen LogP contribution in [0.2, 0.25) is 0 Å². The Hall–Kier alpha value is -1.37. The average Bonchev–Trinajstić information content (AvgIpc) is 2.84. The van der Waals surface area contributed by atoms with E-state index in [-0.39, 0.29) is 11.9 Å². The molecular weight excluding hydrogens is 239 g/mol. The average molecular weight is 252 g/mol. The molecule has 0 saturated heterocycles. The van der Waals surface area contributed by atoms with Gasteiger partial charge in [-0.05, 0) is 48.1 Å². The summed E-state index contributed by atoms with van der Waals surface area (Å²) in [6.45, 7) is 1.95. The third-order valence-corrected chi connectivity index (χ3v) is 3.43. The van der Waals surface area contributed by atoms with E-state index in [1.54, 1.807) is 12.3 Å². The lowest BCUT2D eigenvalue weighted by molar-refractivity contribution is 0.554. The van der Waals surface area contributed by atoms with Crippen LogP contribution in [-0.4, -0.2) is 9.59 Å². The number of rotatable bonds is 4. The molecule has 0 aliphatic carbocycles. The van der Waals surface area contributed by atoms with Gasteiger partial charge in [0.25, 0.3) is 0 Å². The second kappa shape index (κ2) is 5.31. The van der Waals surface area contributed by atoms with Crippen LogP contribution in [0, 0.1) is 12.7 Å². The highest BCUT2D eigenvalue weighted by atomic mass is 32.1. The van der Waals surface area contributed by atoms with Crippen molar-refractivity contribution in [2.45, 2.75) is 19.4 Å². The monoisotopic (exact) mass is 252 g/mol. The van der Waals surface area contributed by atoms with E-state index in [4.69, 9.17) is 5.84 Å². The van der Waals surface area contributed by atoms with Crippen molar-refractivity contribution in [3.63, 3.8) is 0 Å². The molecular formula is C11H13FN4S. The molecule has 0 bridgehead atoms. The zero-order valence-electron chi connectivity index (χ0n) is 9.35. The number of hydrazine groups is 1. The number of nitrogens with zero attached hydrogens (tertiary/aromatic N) is 2. The SMILES string of the molecule is Cc1ccc(F)cc1CC(NN)c1cnns1. The van der Waals surface area contributed by atoms with E-state index < -0.39 is 0 Å². The first-order valence-electron chi connectivity index (χ1n) is 5.19. The van der Waals surface area contributed by atoms with Gasteiger partial charge in [0.2, 0.25) is 0 Å². The summed E-state index contributed by atoms with van der Waals surface area (Å²) >= 11 is 1.29. The van der Waals surface area contributed by atoms with Crippen LogP contribution >= 0.6 is 11.5 Å². The molecule has 17 heavy (non-hydrogen) atoms. The predicted molar refractivity (Wildman–Crippen MR) is 64.8 cm³/mol. The minimum absolute atomic E-state index is 0.0875. The van der Waals surface area contributed by atoms with Gasteiger partial charge in [-0.25, -0.2) is 4.39 Å². The van der Waals surface area contributed by atoms with Crippen molar-refractivity contribution < 1.29 is 4.39 Å². The summed E-state index contributed by atoms with van der Waals surface area (Å²) in [5.74, 6) is 5.27. The first kappa shape index (κ1) is 12.1. The molecule has 2 rings (SSSR count). The van der Waals surface area contributed by atoms with Gasteiger partial charge in [-0.3, -0.25) is 11.3 Å². The summed E-state index contributed by atoms with van der Waals surface area (Å²) in [5, 5.41) is 3.77. The van der Waals surface area contributed by atoms with E-state index in [9.17, 15) is 4.39 Å². The Morgan fingerprint density at radius 2 is 2.35 bits per heavy atom. The highest BCUT2D eigenvalue weighted by Crippen LogP contribution is 2.22. The van der Waals surface area contributed by atoms with Crippen molar-refractivity contribution in [1.82, 2.24) is 15.0 Å². The molecule has 0 radical (unpaired) electrons. The third kappa shape index (κ3) is 2.85. The normalized spacial score (nSPS) is 12.6. The fraction of sp³-hybridized carbons (Fsp3) is 0.273. The molecule has 1 heterocycles. The topological polar surface area (TPSA) is 63.8 Å². The van der Waals surface area contributed by atoms with Gasteiger partial charge in [-0.15, -0.1) is 5.10 Å². The number of hydrogen-bond acceptors (Lipinski definition) is 5. The fourth-order valence-electron chi connectivity index (χ4n) is 1.65. The maximum atomic E-state index is 13.2. The summed E-state index contributed by atoms with van der Waals surface area (Å²) < 4.78 is 17.0. The third-order valence-electron chi connectivity index (χ3n) is 2.66. The smallest absolute Gasteiger partial charge is 0.123 e. The molecule has 0 fully saturated rings. The highest BCUT2D eigenvalue weighted by molar-refractivity contribution is 7.05. The predicted octanol–water partition coefficient (Wildman–Crippen LogP) is 1.73. The van der Waals surface area contributed by atoms with Crippen molar-refractivity contribution in [3.8, 4) is 0 Å². The number of aryl methyl sites for hydroxylation is 1. The summed E-state index contributed by atoms with van der Waals surface area (Å²) in [5.41, 5.74) is 4.68. The molecule has 0 aliphatic heterocycles. The summed E-state index contributed by atoms with van der Waals surface area (Å²) in [6.07, 6.45) is 2.29. The molecule has 4 nitrogen and oxygen atoms in total. The molecule has 0 spiro atoms. The Labute approximate surface area is 103 Å². The van der Waals surface area contributed by atoms with Gasteiger partial charge in [0.05, 0.1) is 17.1 Å². The first-order chi connectivity index (χ1) is 8.20. The number of benzene rings is 1. The molecule has 0 amide bonds. The lowest BCUT2D eigenvalue weighted by atomic mass is 10.0. The molecule has 1 aromatic heterocycles. The Kier molecular flexibility index (Phi) is 3.78. The van der Waals surface area contributed by atoms with Crippen LogP contribution in [0.5, 0.6) is 0 Å². The molecule has 1 aromatic carbocycles. The van der Waals surface area contributed by atoms with E-state index in [0.717, 1.165) is 16.0 Å². The van der Waals surface area contributed by atoms with Crippen molar-refractivity contribution in [2.75, 3.05) is 0 Å². The molecule has 6 heteroatoms. The van der Waals surface area contributed by atoms with E-state index >= 15 is 0 Å². The summed E-state index contributed by atoms with van der Waals surface area (Å²) in [6, 6.07) is 4.67. The van der Waals surface area contributed by atoms with Gasteiger partial charge >= 0.3 is 0 Å². The lowest BCUT2D eigenvalue weighted by Crippen LogP contribution is -2.29. The Bertz CT molecular complexity index is 486. The summed E-state index contributed by atoms with van der Waals surface area (Å²) in [7, 11) is 0. The van der Waals surface area contributed by atoms with Crippen LogP contribution in [0.1, 0.15) is 22.0 Å². The van der Waals surface area contributed by atoms with Gasteiger partial charge in [-0.1, -0.05) is 10.6 Å². The zero-order valence-corrected chi connectivity index (χ0v) is 10.2. The maximum absolute atomic E-state index is 13.2. The fourth-order valence-corrected chi connectivity index (χ4v) is 2.21. The molecule has 0 aliphatic rings. The molecule has 1 unspecified atom stereocenters. The van der Waals surface area contributed by atoms with Crippen LogP contribution in [0.4, 0.5) is 4.39 Å². The molecule has 3 N–H and O–H groups in total. The van der Waals surface area contributed by atoms with Crippen molar-refractivity contribution in [2.24, 2.45) is 5.84 Å². The summed E-state index contributed by atoms with van der Waals surface area (Å²) in [4.78, 5) is 0.941. The lowest BCUT2D eigenvalue weighted by Gasteiger charge is -2.14. The first-order valence-corrected chi connectivity index (χ1v) is 5.96. The maximum Gasteiger partial charge on any atom is 0.123 e. The molecule has 0 saturated carbocycles. The van der Waals surface area contributed by atoms with Crippen LogP contribution < -0.4 is 11.3 Å². The Morgan fingerprint density at radius 1 is 1.53 bits per heavy atom. The van der Waals surface area contributed by atoms with E-state index in [1.807, 2.05) is 6.92 Å². The second-order valence-electron chi connectivity index (χ2n) is 3.81. The van der Waals surface area contributed by atoms with E-state index in [0.29, 0.717) is 6.42 Å². The van der Waals surface area contributed by atoms with Gasteiger partial charge in [0.15, 0.2) is 0 Å². The molecule has 2 aromatic rings. The Morgan fingerprint density at radius 3 is 3.00 bits per heavy atom. The number of nitrogens with two attached hydrogens (primary N) is 1. The van der Waals surface area contributed by atoms with Crippen molar-refractivity contribution >= 4 is 11.5 Å². The van der Waals surface area contributed by atoms with E-state index in [1.165, 1.54) is 23.7 Å². The van der Waals surface area contributed by atoms with E-state index in [2.05, 4.69) is 15.0 Å². The highest BCUT2D eigenvalue weighted by Gasteiger charge is 2.14. The number of hydrogen-bond donors (Lipinski definition) is 2. The Balaban J connectivity index is 2.21.